The van der Waals surface area contributed by atoms with E-state index in [4.69, 9.17) is 11.6 Å². The lowest BCUT2D eigenvalue weighted by Gasteiger charge is -2.18. The van der Waals surface area contributed by atoms with E-state index in [0.717, 1.165) is 12.0 Å². The first-order valence-corrected chi connectivity index (χ1v) is 5.46. The van der Waals surface area contributed by atoms with Crippen molar-refractivity contribution >= 4 is 23.4 Å². The standard InChI is InChI=1S/C12H11ClO3/c1-16-12(15)8-5-6-9(13)11-7(8)3-2-4-10(11)14/h5-6H,2-4H2,1H3. The Morgan fingerprint density at radius 2 is 2.12 bits per heavy atom. The number of ether oxygens (including phenoxy) is 1. The summed E-state index contributed by atoms with van der Waals surface area (Å²) in [5.41, 5.74) is 1.68. The van der Waals surface area contributed by atoms with Crippen LogP contribution in [0.5, 0.6) is 0 Å². The molecule has 0 radical (unpaired) electrons. The van der Waals surface area contributed by atoms with Crippen LogP contribution in [0, 0.1) is 0 Å². The minimum absolute atomic E-state index is 0.0111. The molecule has 3 nitrogen and oxygen atoms in total. The fourth-order valence-corrected chi connectivity index (χ4v) is 2.31. The molecule has 2 rings (SSSR count). The maximum Gasteiger partial charge on any atom is 0.338 e. The molecule has 0 fully saturated rings. The molecule has 0 unspecified atom stereocenters. The summed E-state index contributed by atoms with van der Waals surface area (Å²) >= 11 is 5.98. The number of hydrogen-bond donors (Lipinski definition) is 0. The number of hydrogen-bond acceptors (Lipinski definition) is 3. The van der Waals surface area contributed by atoms with Crippen LogP contribution < -0.4 is 0 Å². The average molecular weight is 239 g/mol. The molecule has 0 heterocycles. The van der Waals surface area contributed by atoms with E-state index < -0.39 is 5.97 Å². The van der Waals surface area contributed by atoms with E-state index in [1.165, 1.54) is 7.11 Å². The van der Waals surface area contributed by atoms with E-state index in [0.29, 0.717) is 29.0 Å². The average Bonchev–Trinajstić information content (AvgIpc) is 2.28. The predicted octanol–water partition coefficient (Wildman–Crippen LogP) is 2.65. The molecular weight excluding hydrogens is 228 g/mol. The van der Waals surface area contributed by atoms with Crippen LogP contribution in [0.4, 0.5) is 0 Å². The summed E-state index contributed by atoms with van der Waals surface area (Å²) in [7, 11) is 1.33. The molecule has 84 valence electrons. The fourth-order valence-electron chi connectivity index (χ4n) is 2.03. The van der Waals surface area contributed by atoms with Gasteiger partial charge in [0.2, 0.25) is 0 Å². The van der Waals surface area contributed by atoms with Gasteiger partial charge in [0, 0.05) is 12.0 Å². The lowest BCUT2D eigenvalue weighted by atomic mass is 9.87. The van der Waals surface area contributed by atoms with E-state index in [1.54, 1.807) is 12.1 Å². The second-order valence-electron chi connectivity index (χ2n) is 3.72. The van der Waals surface area contributed by atoms with Crippen LogP contribution in [0.2, 0.25) is 5.02 Å². The van der Waals surface area contributed by atoms with E-state index in [9.17, 15) is 9.59 Å². The minimum Gasteiger partial charge on any atom is -0.465 e. The van der Waals surface area contributed by atoms with Crippen molar-refractivity contribution in [2.45, 2.75) is 19.3 Å². The van der Waals surface area contributed by atoms with Crippen molar-refractivity contribution in [3.8, 4) is 0 Å². The summed E-state index contributed by atoms with van der Waals surface area (Å²) in [6, 6.07) is 3.20. The van der Waals surface area contributed by atoms with Gasteiger partial charge in [0.15, 0.2) is 5.78 Å². The van der Waals surface area contributed by atoms with Crippen molar-refractivity contribution in [2.75, 3.05) is 7.11 Å². The highest BCUT2D eigenvalue weighted by Crippen LogP contribution is 2.30. The Balaban J connectivity index is 2.62. The van der Waals surface area contributed by atoms with Crippen LogP contribution in [-0.4, -0.2) is 18.9 Å². The fraction of sp³-hybridized carbons (Fsp3) is 0.333. The minimum atomic E-state index is -0.414. The van der Waals surface area contributed by atoms with Gasteiger partial charge in [-0.1, -0.05) is 11.6 Å². The molecule has 0 bridgehead atoms. The van der Waals surface area contributed by atoms with Gasteiger partial charge in [0.25, 0.3) is 0 Å². The summed E-state index contributed by atoms with van der Waals surface area (Å²) in [5, 5.41) is 0.423. The lowest BCUT2D eigenvalue weighted by molar-refractivity contribution is 0.0599. The van der Waals surface area contributed by atoms with Crippen molar-refractivity contribution in [3.63, 3.8) is 0 Å². The number of halogens is 1. The number of esters is 1. The molecule has 1 aromatic rings. The molecule has 1 aliphatic carbocycles. The second-order valence-corrected chi connectivity index (χ2v) is 4.12. The van der Waals surface area contributed by atoms with Crippen LogP contribution in [0.15, 0.2) is 12.1 Å². The first-order chi connectivity index (χ1) is 7.65. The Hall–Kier alpha value is -1.35. The van der Waals surface area contributed by atoms with Crippen LogP contribution in [-0.2, 0) is 11.2 Å². The monoisotopic (exact) mass is 238 g/mol. The SMILES string of the molecule is COC(=O)c1ccc(Cl)c2c1CCCC2=O. The first kappa shape index (κ1) is 11.1. The highest BCUT2D eigenvalue weighted by molar-refractivity contribution is 6.34. The van der Waals surface area contributed by atoms with Crippen molar-refractivity contribution in [3.05, 3.63) is 33.8 Å². The number of benzene rings is 1. The molecule has 0 N–H and O–H groups in total. The zero-order valence-electron chi connectivity index (χ0n) is 8.88. The Morgan fingerprint density at radius 3 is 2.81 bits per heavy atom. The maximum atomic E-state index is 11.7. The summed E-state index contributed by atoms with van der Waals surface area (Å²) in [6.45, 7) is 0. The third kappa shape index (κ3) is 1.71. The quantitative estimate of drug-likeness (QED) is 0.707. The molecule has 0 amide bonds. The first-order valence-electron chi connectivity index (χ1n) is 5.08. The highest BCUT2D eigenvalue weighted by Gasteiger charge is 2.25. The number of fused-ring (bicyclic) bond motifs is 1. The maximum absolute atomic E-state index is 11.7. The Labute approximate surface area is 98.4 Å². The largest absolute Gasteiger partial charge is 0.465 e. The molecule has 4 heteroatoms. The molecule has 0 atom stereocenters. The molecule has 0 aliphatic heterocycles. The summed E-state index contributed by atoms with van der Waals surface area (Å²) in [4.78, 5) is 23.3. The number of rotatable bonds is 1. The number of Topliss-reactive ketones (excluding diaryl/α,β-unsaturated/α-hetero) is 1. The zero-order valence-corrected chi connectivity index (χ0v) is 9.63. The van der Waals surface area contributed by atoms with Gasteiger partial charge in [-0.2, -0.15) is 0 Å². The van der Waals surface area contributed by atoms with Crippen LogP contribution >= 0.6 is 11.6 Å². The molecule has 0 saturated heterocycles. The Morgan fingerprint density at radius 1 is 1.38 bits per heavy atom. The Kier molecular flexibility index (Phi) is 2.97. The zero-order chi connectivity index (χ0) is 11.7. The topological polar surface area (TPSA) is 43.4 Å². The molecule has 1 aliphatic rings. The van der Waals surface area contributed by atoms with Gasteiger partial charge in [0.05, 0.1) is 17.7 Å². The van der Waals surface area contributed by atoms with E-state index in [1.807, 2.05) is 0 Å². The summed E-state index contributed by atoms with van der Waals surface area (Å²) in [5.74, 6) is -0.403. The van der Waals surface area contributed by atoms with Crippen molar-refractivity contribution < 1.29 is 14.3 Å². The molecule has 0 saturated carbocycles. The molecule has 0 aromatic heterocycles. The molecular formula is C12H11ClO3. The second kappa shape index (κ2) is 4.26. The van der Waals surface area contributed by atoms with Gasteiger partial charge >= 0.3 is 5.97 Å². The number of methoxy groups -OCH3 is 1. The summed E-state index contributed by atoms with van der Waals surface area (Å²) < 4.78 is 4.68. The third-order valence-electron chi connectivity index (χ3n) is 2.78. The van der Waals surface area contributed by atoms with Crippen LogP contribution in [0.25, 0.3) is 0 Å². The van der Waals surface area contributed by atoms with Gasteiger partial charge < -0.3 is 4.74 Å². The highest BCUT2D eigenvalue weighted by atomic mass is 35.5. The number of carbonyl (C=O) groups is 2. The molecule has 1 aromatic carbocycles. The van der Waals surface area contributed by atoms with E-state index in [-0.39, 0.29) is 5.78 Å². The van der Waals surface area contributed by atoms with E-state index in [2.05, 4.69) is 4.74 Å². The van der Waals surface area contributed by atoms with Crippen molar-refractivity contribution in [1.29, 1.82) is 0 Å². The van der Waals surface area contributed by atoms with Crippen molar-refractivity contribution in [2.24, 2.45) is 0 Å². The molecule has 16 heavy (non-hydrogen) atoms. The van der Waals surface area contributed by atoms with Crippen molar-refractivity contribution in [1.82, 2.24) is 0 Å². The normalized spacial score (nSPS) is 14.5. The van der Waals surface area contributed by atoms with Gasteiger partial charge in [-0.05, 0) is 30.5 Å². The van der Waals surface area contributed by atoms with Gasteiger partial charge in [-0.25, -0.2) is 4.79 Å². The molecule has 0 spiro atoms. The smallest absolute Gasteiger partial charge is 0.338 e. The third-order valence-corrected chi connectivity index (χ3v) is 3.09. The van der Waals surface area contributed by atoms with E-state index >= 15 is 0 Å². The predicted molar refractivity (Wildman–Crippen MR) is 60.1 cm³/mol. The van der Waals surface area contributed by atoms with Gasteiger partial charge in [-0.15, -0.1) is 0 Å². The number of ketones is 1. The van der Waals surface area contributed by atoms with Gasteiger partial charge in [-0.3, -0.25) is 4.79 Å². The number of carbonyl (C=O) groups excluding carboxylic acids is 2. The van der Waals surface area contributed by atoms with Crippen LogP contribution in [0.1, 0.15) is 39.1 Å². The summed E-state index contributed by atoms with van der Waals surface area (Å²) in [6.07, 6.45) is 1.96. The Bertz CT molecular complexity index is 466. The van der Waals surface area contributed by atoms with Gasteiger partial charge in [0.1, 0.15) is 0 Å². The van der Waals surface area contributed by atoms with Crippen LogP contribution in [0.3, 0.4) is 0 Å². The lowest BCUT2D eigenvalue weighted by Crippen LogP contribution is -2.16.